The molecule has 1 aromatic carbocycles. The maximum Gasteiger partial charge on any atom is 0.350 e. The van der Waals surface area contributed by atoms with Gasteiger partial charge in [0.05, 0.1) is 5.56 Å². The van der Waals surface area contributed by atoms with E-state index in [2.05, 4.69) is 20.6 Å². The Hall–Kier alpha value is -3.75. The molecule has 0 saturated carbocycles. The number of amides is 1. The highest BCUT2D eigenvalue weighted by Gasteiger charge is 2.18. The van der Waals surface area contributed by atoms with Gasteiger partial charge in [0.1, 0.15) is 6.54 Å². The number of hydrogen-bond donors (Lipinski definition) is 1. The van der Waals surface area contributed by atoms with Crippen molar-refractivity contribution in [3.63, 3.8) is 0 Å². The molecule has 1 N–H and O–H groups in total. The van der Waals surface area contributed by atoms with Gasteiger partial charge in [-0.3, -0.25) is 4.79 Å². The zero-order valence-corrected chi connectivity index (χ0v) is 16.1. The Morgan fingerprint density at radius 2 is 2.10 bits per heavy atom. The lowest BCUT2D eigenvalue weighted by atomic mass is 10.1. The fourth-order valence-electron chi connectivity index (χ4n) is 3.00. The standard InChI is InChI=1S/C20H20N6O3/c1-3-9-21-16(27)12-26-20(28)25-10-5-8-15(18(25)23-26)19-22-17(24-29-19)14-7-4-6-13(2)11-14/h4-8,10-11H,3,9,12H2,1-2H3,(H,21,27). The van der Waals surface area contributed by atoms with Crippen molar-refractivity contribution in [2.45, 2.75) is 26.8 Å². The van der Waals surface area contributed by atoms with Crippen LogP contribution in [-0.2, 0) is 11.3 Å². The van der Waals surface area contributed by atoms with E-state index in [-0.39, 0.29) is 18.3 Å². The van der Waals surface area contributed by atoms with Crippen LogP contribution in [0, 0.1) is 6.92 Å². The monoisotopic (exact) mass is 392 g/mol. The molecule has 0 spiro atoms. The molecule has 0 radical (unpaired) electrons. The van der Waals surface area contributed by atoms with Crippen molar-refractivity contribution in [3.8, 4) is 22.8 Å². The van der Waals surface area contributed by atoms with Crippen LogP contribution < -0.4 is 11.0 Å². The van der Waals surface area contributed by atoms with Crippen molar-refractivity contribution in [1.29, 1.82) is 0 Å². The van der Waals surface area contributed by atoms with Gasteiger partial charge in [-0.15, -0.1) is 5.10 Å². The minimum absolute atomic E-state index is 0.154. The van der Waals surface area contributed by atoms with Gasteiger partial charge in [0.15, 0.2) is 5.65 Å². The second-order valence-corrected chi connectivity index (χ2v) is 6.70. The Balaban J connectivity index is 1.71. The maximum absolute atomic E-state index is 12.6. The average Bonchev–Trinajstić information content (AvgIpc) is 3.32. The molecule has 1 amide bonds. The lowest BCUT2D eigenvalue weighted by molar-refractivity contribution is -0.121. The molecule has 148 valence electrons. The first-order valence-electron chi connectivity index (χ1n) is 9.33. The number of pyridine rings is 1. The van der Waals surface area contributed by atoms with E-state index in [1.807, 2.05) is 38.1 Å². The Labute approximate surface area is 166 Å². The molecule has 3 aromatic heterocycles. The Morgan fingerprint density at radius 3 is 2.90 bits per heavy atom. The van der Waals surface area contributed by atoms with Crippen LogP contribution in [0.2, 0.25) is 0 Å². The fourth-order valence-corrected chi connectivity index (χ4v) is 3.00. The number of aryl methyl sites for hydroxylation is 1. The smallest absolute Gasteiger partial charge is 0.350 e. The number of hydrogen-bond acceptors (Lipinski definition) is 6. The van der Waals surface area contributed by atoms with Gasteiger partial charge in [-0.25, -0.2) is 13.9 Å². The number of nitrogens with zero attached hydrogens (tertiary/aromatic N) is 5. The maximum atomic E-state index is 12.6. The third-order valence-corrected chi connectivity index (χ3v) is 4.41. The first-order chi connectivity index (χ1) is 14.1. The Bertz CT molecular complexity index is 1240. The van der Waals surface area contributed by atoms with Gasteiger partial charge in [-0.2, -0.15) is 4.98 Å². The predicted molar refractivity (Wildman–Crippen MR) is 106 cm³/mol. The summed E-state index contributed by atoms with van der Waals surface area (Å²) in [5.74, 6) is 0.435. The third kappa shape index (κ3) is 3.66. The van der Waals surface area contributed by atoms with Crippen LogP contribution in [0.25, 0.3) is 28.5 Å². The molecule has 0 aliphatic carbocycles. The molecule has 0 saturated heterocycles. The molecule has 9 nitrogen and oxygen atoms in total. The van der Waals surface area contributed by atoms with E-state index in [1.54, 1.807) is 18.3 Å². The number of nitrogens with one attached hydrogen (secondary N) is 1. The van der Waals surface area contributed by atoms with Crippen LogP contribution in [0.5, 0.6) is 0 Å². The molecule has 0 aliphatic rings. The number of carbonyl (C=O) groups excluding carboxylic acids is 1. The summed E-state index contributed by atoms with van der Waals surface area (Å²) in [5, 5.41) is 11.1. The summed E-state index contributed by atoms with van der Waals surface area (Å²) in [6, 6.07) is 11.2. The number of benzene rings is 1. The number of rotatable bonds is 6. The van der Waals surface area contributed by atoms with E-state index in [4.69, 9.17) is 4.52 Å². The van der Waals surface area contributed by atoms with Crippen LogP contribution in [0.3, 0.4) is 0 Å². The summed E-state index contributed by atoms with van der Waals surface area (Å²) >= 11 is 0. The van der Waals surface area contributed by atoms with E-state index in [0.717, 1.165) is 22.2 Å². The quantitative estimate of drug-likeness (QED) is 0.538. The summed E-state index contributed by atoms with van der Waals surface area (Å²) in [6.45, 7) is 4.34. The molecule has 0 bridgehead atoms. The lowest BCUT2D eigenvalue weighted by Crippen LogP contribution is -2.33. The highest BCUT2D eigenvalue weighted by molar-refractivity contribution is 5.76. The van der Waals surface area contributed by atoms with Gasteiger partial charge < -0.3 is 9.84 Å². The van der Waals surface area contributed by atoms with Crippen LogP contribution in [0.15, 0.2) is 51.9 Å². The molecule has 9 heteroatoms. The lowest BCUT2D eigenvalue weighted by Gasteiger charge is -2.01. The van der Waals surface area contributed by atoms with Crippen LogP contribution >= 0.6 is 0 Å². The molecule has 0 unspecified atom stereocenters. The van der Waals surface area contributed by atoms with Crippen molar-refractivity contribution in [2.24, 2.45) is 0 Å². The molecule has 0 atom stereocenters. The second kappa shape index (κ2) is 7.70. The molecular formula is C20H20N6O3. The molecule has 0 aliphatic heterocycles. The minimum atomic E-state index is -0.410. The van der Waals surface area contributed by atoms with Gasteiger partial charge in [0.2, 0.25) is 11.7 Å². The number of fused-ring (bicyclic) bond motifs is 1. The van der Waals surface area contributed by atoms with Gasteiger partial charge in [-0.05, 0) is 31.5 Å². The highest BCUT2D eigenvalue weighted by Crippen LogP contribution is 2.24. The first-order valence-corrected chi connectivity index (χ1v) is 9.33. The Morgan fingerprint density at radius 1 is 1.24 bits per heavy atom. The van der Waals surface area contributed by atoms with E-state index in [1.165, 1.54) is 4.40 Å². The van der Waals surface area contributed by atoms with Crippen LogP contribution in [0.1, 0.15) is 18.9 Å². The van der Waals surface area contributed by atoms with Gasteiger partial charge in [0, 0.05) is 18.3 Å². The van der Waals surface area contributed by atoms with Crippen molar-refractivity contribution >= 4 is 11.6 Å². The SMILES string of the molecule is CCCNC(=O)Cn1nc2c(-c3nc(-c4cccc(C)c4)no3)cccn2c1=O. The summed E-state index contributed by atoms with van der Waals surface area (Å²) in [6.07, 6.45) is 2.41. The van der Waals surface area contributed by atoms with Crippen molar-refractivity contribution in [1.82, 2.24) is 29.6 Å². The molecule has 4 aromatic rings. The van der Waals surface area contributed by atoms with Gasteiger partial charge >= 0.3 is 5.69 Å². The molecular weight excluding hydrogens is 372 g/mol. The minimum Gasteiger partial charge on any atom is -0.355 e. The molecule has 0 fully saturated rings. The topological polar surface area (TPSA) is 107 Å². The summed E-state index contributed by atoms with van der Waals surface area (Å²) in [4.78, 5) is 29.0. The van der Waals surface area contributed by atoms with Crippen molar-refractivity contribution < 1.29 is 9.32 Å². The fraction of sp³-hybridized carbons (Fsp3) is 0.250. The van der Waals surface area contributed by atoms with Crippen LogP contribution in [0.4, 0.5) is 0 Å². The van der Waals surface area contributed by atoms with Crippen molar-refractivity contribution in [3.05, 3.63) is 58.6 Å². The summed E-state index contributed by atoms with van der Waals surface area (Å²) in [5.41, 5.74) is 2.38. The first kappa shape index (κ1) is 18.6. The third-order valence-electron chi connectivity index (χ3n) is 4.41. The predicted octanol–water partition coefficient (Wildman–Crippen LogP) is 2.05. The second-order valence-electron chi connectivity index (χ2n) is 6.70. The van der Waals surface area contributed by atoms with Crippen molar-refractivity contribution in [2.75, 3.05) is 6.54 Å². The van der Waals surface area contributed by atoms with E-state index < -0.39 is 5.69 Å². The molecule has 4 rings (SSSR count). The van der Waals surface area contributed by atoms with Gasteiger partial charge in [-0.1, -0.05) is 35.8 Å². The Kier molecular flexibility index (Phi) is 4.94. The summed E-state index contributed by atoms with van der Waals surface area (Å²) < 4.78 is 7.92. The number of carbonyl (C=O) groups is 1. The largest absolute Gasteiger partial charge is 0.355 e. The highest BCUT2D eigenvalue weighted by atomic mass is 16.5. The van der Waals surface area contributed by atoms with Crippen LogP contribution in [-0.4, -0.2) is 36.8 Å². The van der Waals surface area contributed by atoms with E-state index in [9.17, 15) is 9.59 Å². The molecule has 3 heterocycles. The summed E-state index contributed by atoms with van der Waals surface area (Å²) in [7, 11) is 0. The van der Waals surface area contributed by atoms with E-state index >= 15 is 0 Å². The van der Waals surface area contributed by atoms with Gasteiger partial charge in [0.25, 0.3) is 5.89 Å². The van der Waals surface area contributed by atoms with E-state index in [0.29, 0.717) is 23.6 Å². The zero-order chi connectivity index (χ0) is 20.4. The number of aromatic nitrogens is 5. The zero-order valence-electron chi connectivity index (χ0n) is 16.1. The normalized spacial score (nSPS) is 11.1. The average molecular weight is 392 g/mol. The molecule has 29 heavy (non-hydrogen) atoms.